The van der Waals surface area contributed by atoms with E-state index in [4.69, 9.17) is 14.5 Å². The van der Waals surface area contributed by atoms with Gasteiger partial charge in [0.15, 0.2) is 17.4 Å². The number of amides is 2. The molecule has 3 aromatic carbocycles. The second-order valence-corrected chi connectivity index (χ2v) is 8.92. The van der Waals surface area contributed by atoms with Crippen molar-refractivity contribution < 1.29 is 23.0 Å². The molecule has 0 aliphatic carbocycles. The molecular weight excluding hydrogens is 466 g/mol. The SMILES string of the molecule is COc1ccc2c(c1)C(N1CCN(C(=O)Nc3ccc(F)c(F)c3)C(C)C1)=Nc1ccc(C)cc1O2. The molecule has 2 aliphatic heterocycles. The fourth-order valence-corrected chi connectivity index (χ4v) is 4.45. The van der Waals surface area contributed by atoms with Gasteiger partial charge in [-0.2, -0.15) is 0 Å². The number of halogens is 2. The molecule has 5 rings (SSSR count). The van der Waals surface area contributed by atoms with Crippen LogP contribution in [-0.4, -0.2) is 54.5 Å². The molecule has 1 unspecified atom stereocenters. The maximum atomic E-state index is 13.6. The zero-order valence-corrected chi connectivity index (χ0v) is 20.2. The van der Waals surface area contributed by atoms with Gasteiger partial charge < -0.3 is 24.6 Å². The average molecular weight is 493 g/mol. The number of ether oxygens (including phenoxy) is 2. The third-order valence-electron chi connectivity index (χ3n) is 6.35. The highest BCUT2D eigenvalue weighted by Gasteiger charge is 2.32. The first-order valence-corrected chi connectivity index (χ1v) is 11.7. The molecule has 186 valence electrons. The van der Waals surface area contributed by atoms with Crippen LogP contribution in [0.3, 0.4) is 0 Å². The van der Waals surface area contributed by atoms with Crippen molar-refractivity contribution in [2.24, 2.45) is 4.99 Å². The molecule has 7 nitrogen and oxygen atoms in total. The van der Waals surface area contributed by atoms with Crippen LogP contribution in [0.2, 0.25) is 0 Å². The Labute approximate surface area is 208 Å². The smallest absolute Gasteiger partial charge is 0.322 e. The Morgan fingerprint density at radius 1 is 1.06 bits per heavy atom. The predicted molar refractivity (Wildman–Crippen MR) is 134 cm³/mol. The highest BCUT2D eigenvalue weighted by molar-refractivity contribution is 6.04. The van der Waals surface area contributed by atoms with Gasteiger partial charge in [-0.05, 0) is 61.9 Å². The van der Waals surface area contributed by atoms with Crippen LogP contribution in [0.5, 0.6) is 17.2 Å². The molecular formula is C27H26F2N4O3. The summed E-state index contributed by atoms with van der Waals surface area (Å²) in [4.78, 5) is 21.7. The van der Waals surface area contributed by atoms with E-state index in [9.17, 15) is 13.6 Å². The maximum Gasteiger partial charge on any atom is 0.322 e. The number of nitrogens with zero attached hydrogens (tertiary/aromatic N) is 3. The van der Waals surface area contributed by atoms with Gasteiger partial charge in [0.05, 0.1) is 12.7 Å². The van der Waals surface area contributed by atoms with Crippen molar-refractivity contribution in [1.82, 2.24) is 9.80 Å². The number of urea groups is 1. The van der Waals surface area contributed by atoms with Crippen LogP contribution in [0.1, 0.15) is 18.1 Å². The van der Waals surface area contributed by atoms with E-state index in [-0.39, 0.29) is 17.8 Å². The molecule has 1 N–H and O–H groups in total. The molecule has 3 aromatic rings. The van der Waals surface area contributed by atoms with Gasteiger partial charge in [-0.1, -0.05) is 6.07 Å². The van der Waals surface area contributed by atoms with E-state index in [0.29, 0.717) is 36.9 Å². The van der Waals surface area contributed by atoms with Crippen LogP contribution in [0.4, 0.5) is 25.0 Å². The molecule has 1 fully saturated rings. The van der Waals surface area contributed by atoms with E-state index in [2.05, 4.69) is 10.2 Å². The highest BCUT2D eigenvalue weighted by atomic mass is 19.2. The molecule has 9 heteroatoms. The summed E-state index contributed by atoms with van der Waals surface area (Å²) in [5.41, 5.74) is 2.79. The molecule has 36 heavy (non-hydrogen) atoms. The highest BCUT2D eigenvalue weighted by Crippen LogP contribution is 2.40. The molecule has 0 radical (unpaired) electrons. The van der Waals surface area contributed by atoms with Crippen LogP contribution in [0.15, 0.2) is 59.6 Å². The molecule has 0 bridgehead atoms. The minimum atomic E-state index is -1.01. The minimum absolute atomic E-state index is 0.178. The van der Waals surface area contributed by atoms with Gasteiger partial charge in [0.1, 0.15) is 23.0 Å². The van der Waals surface area contributed by atoms with Crippen LogP contribution < -0.4 is 14.8 Å². The van der Waals surface area contributed by atoms with Crippen LogP contribution >= 0.6 is 0 Å². The number of piperazine rings is 1. The van der Waals surface area contributed by atoms with Gasteiger partial charge in [0.2, 0.25) is 0 Å². The van der Waals surface area contributed by atoms with Gasteiger partial charge in [-0.3, -0.25) is 0 Å². The summed E-state index contributed by atoms with van der Waals surface area (Å²) in [6.07, 6.45) is 0. The number of carbonyl (C=O) groups excluding carboxylic acids is 1. The summed E-state index contributed by atoms with van der Waals surface area (Å²) in [5.74, 6) is 0.795. The molecule has 2 aliphatic rings. The van der Waals surface area contributed by atoms with E-state index in [0.717, 1.165) is 34.8 Å². The Bertz CT molecular complexity index is 1360. The molecule has 1 saturated heterocycles. The molecule has 1 atom stereocenters. The average Bonchev–Trinajstić information content (AvgIpc) is 3.02. The predicted octanol–water partition coefficient (Wildman–Crippen LogP) is 5.70. The molecule has 0 spiro atoms. The number of hydrogen-bond donors (Lipinski definition) is 1. The number of amidine groups is 1. The number of carbonyl (C=O) groups is 1. The second kappa shape index (κ2) is 9.49. The number of fused-ring (bicyclic) bond motifs is 2. The van der Waals surface area contributed by atoms with E-state index < -0.39 is 11.6 Å². The fraction of sp³-hybridized carbons (Fsp3) is 0.259. The van der Waals surface area contributed by atoms with E-state index in [1.165, 1.54) is 6.07 Å². The summed E-state index contributed by atoms with van der Waals surface area (Å²) in [7, 11) is 1.61. The fourth-order valence-electron chi connectivity index (χ4n) is 4.45. The summed E-state index contributed by atoms with van der Waals surface area (Å²) < 4.78 is 38.5. The van der Waals surface area contributed by atoms with Crippen LogP contribution in [-0.2, 0) is 0 Å². The van der Waals surface area contributed by atoms with Crippen molar-refractivity contribution in [2.45, 2.75) is 19.9 Å². The van der Waals surface area contributed by atoms with Crippen molar-refractivity contribution in [3.63, 3.8) is 0 Å². The first-order valence-electron chi connectivity index (χ1n) is 11.7. The van der Waals surface area contributed by atoms with E-state index in [1.807, 2.05) is 50.2 Å². The molecule has 2 heterocycles. The lowest BCUT2D eigenvalue weighted by atomic mass is 10.1. The Hall–Kier alpha value is -4.14. The third-order valence-corrected chi connectivity index (χ3v) is 6.35. The quantitative estimate of drug-likeness (QED) is 0.498. The Morgan fingerprint density at radius 3 is 2.64 bits per heavy atom. The first-order chi connectivity index (χ1) is 17.3. The summed E-state index contributed by atoms with van der Waals surface area (Å²) in [6, 6.07) is 14.2. The van der Waals surface area contributed by atoms with Gasteiger partial charge in [0.25, 0.3) is 0 Å². The largest absolute Gasteiger partial charge is 0.497 e. The standard InChI is InChI=1S/C27H26F2N4O3/c1-16-4-8-23-25(12-16)36-24-9-6-19(35-3)14-20(24)26(31-23)32-10-11-33(17(2)15-32)27(34)30-18-5-7-21(28)22(29)13-18/h4-9,12-14,17H,10-11,15H2,1-3H3,(H,30,34). The summed E-state index contributed by atoms with van der Waals surface area (Å²) in [5, 5.41) is 2.66. The first kappa shape index (κ1) is 23.6. The van der Waals surface area contributed by atoms with Gasteiger partial charge in [0, 0.05) is 37.4 Å². The number of nitrogens with one attached hydrogen (secondary N) is 1. The minimum Gasteiger partial charge on any atom is -0.497 e. The Balaban J connectivity index is 1.41. The van der Waals surface area contributed by atoms with E-state index >= 15 is 0 Å². The Kier molecular flexibility index (Phi) is 6.22. The molecule has 2 amide bonds. The van der Waals surface area contributed by atoms with Crippen molar-refractivity contribution in [3.05, 3.63) is 77.4 Å². The van der Waals surface area contributed by atoms with Crippen molar-refractivity contribution in [2.75, 3.05) is 32.1 Å². The zero-order chi connectivity index (χ0) is 25.4. The van der Waals surface area contributed by atoms with Crippen molar-refractivity contribution in [1.29, 1.82) is 0 Å². The summed E-state index contributed by atoms with van der Waals surface area (Å²) >= 11 is 0. The number of rotatable bonds is 2. The molecule has 0 aromatic heterocycles. The number of benzene rings is 3. The normalized spacial score (nSPS) is 16.8. The maximum absolute atomic E-state index is 13.6. The Morgan fingerprint density at radius 2 is 1.89 bits per heavy atom. The van der Waals surface area contributed by atoms with Gasteiger partial charge in [-0.25, -0.2) is 18.6 Å². The number of aryl methyl sites for hydroxylation is 1. The van der Waals surface area contributed by atoms with Crippen LogP contribution in [0.25, 0.3) is 0 Å². The lowest BCUT2D eigenvalue weighted by Gasteiger charge is -2.41. The number of hydrogen-bond acceptors (Lipinski definition) is 5. The van der Waals surface area contributed by atoms with Gasteiger partial charge >= 0.3 is 6.03 Å². The van der Waals surface area contributed by atoms with Crippen molar-refractivity contribution >= 4 is 23.2 Å². The second-order valence-electron chi connectivity index (χ2n) is 8.92. The zero-order valence-electron chi connectivity index (χ0n) is 20.2. The van der Waals surface area contributed by atoms with Crippen molar-refractivity contribution in [3.8, 4) is 17.2 Å². The topological polar surface area (TPSA) is 66.4 Å². The number of anilines is 1. The third kappa shape index (κ3) is 4.56. The summed E-state index contributed by atoms with van der Waals surface area (Å²) in [6.45, 7) is 5.39. The van der Waals surface area contributed by atoms with Gasteiger partial charge in [-0.15, -0.1) is 0 Å². The number of methoxy groups -OCH3 is 1. The number of aliphatic imine (C=N–C) groups is 1. The van der Waals surface area contributed by atoms with Crippen LogP contribution in [0, 0.1) is 18.6 Å². The monoisotopic (exact) mass is 492 g/mol. The van der Waals surface area contributed by atoms with E-state index in [1.54, 1.807) is 12.0 Å². The molecule has 0 saturated carbocycles. The lowest BCUT2D eigenvalue weighted by Crippen LogP contribution is -2.56. The lowest BCUT2D eigenvalue weighted by molar-refractivity contribution is 0.145.